The molecule has 0 aliphatic heterocycles. The van der Waals surface area contributed by atoms with E-state index in [2.05, 4.69) is 10.3 Å². The maximum Gasteiger partial charge on any atom is 0.231 e. The predicted octanol–water partition coefficient (Wildman–Crippen LogP) is 4.40. The number of thiazole rings is 1. The van der Waals surface area contributed by atoms with Gasteiger partial charge in [-0.05, 0) is 38.8 Å². The standard InChI is InChI=1S/C19H25N3O2S.ClH/c1-12-7-8-16(24-3)13(10-12)15-11-25-18(21-15)22-17(23)14-6-4-5-9-19(14,2)20;/h7-8,10-11,14H,4-6,9,20H2,1-3H3,(H,21,22,23);1H. The first kappa shape index (κ1) is 20.7. The van der Waals surface area contributed by atoms with Gasteiger partial charge in [0.25, 0.3) is 0 Å². The summed E-state index contributed by atoms with van der Waals surface area (Å²) in [4.78, 5) is 17.2. The van der Waals surface area contributed by atoms with Crippen molar-refractivity contribution in [3.05, 3.63) is 29.1 Å². The van der Waals surface area contributed by atoms with Crippen molar-refractivity contribution in [2.75, 3.05) is 12.4 Å². The zero-order valence-corrected chi connectivity index (χ0v) is 17.0. The lowest BCUT2D eigenvalue weighted by atomic mass is 9.74. The highest BCUT2D eigenvalue weighted by atomic mass is 35.5. The Hall–Kier alpha value is -1.63. The highest BCUT2D eigenvalue weighted by Gasteiger charge is 2.38. The minimum atomic E-state index is -0.442. The number of nitrogens with one attached hydrogen (secondary N) is 1. The number of ether oxygens (including phenoxy) is 1. The number of nitrogens with two attached hydrogens (primary N) is 1. The average molecular weight is 396 g/mol. The van der Waals surface area contributed by atoms with E-state index in [1.54, 1.807) is 7.11 Å². The summed E-state index contributed by atoms with van der Waals surface area (Å²) in [6.07, 6.45) is 3.86. The Morgan fingerprint density at radius 2 is 2.19 bits per heavy atom. The van der Waals surface area contributed by atoms with E-state index in [0.717, 1.165) is 48.3 Å². The Balaban J connectivity index is 0.00000243. The number of benzene rings is 1. The van der Waals surface area contributed by atoms with Crippen LogP contribution in [0, 0.1) is 12.8 Å². The number of aryl methyl sites for hydroxylation is 1. The van der Waals surface area contributed by atoms with E-state index in [4.69, 9.17) is 10.5 Å². The molecule has 1 aromatic heterocycles. The van der Waals surface area contributed by atoms with E-state index in [-0.39, 0.29) is 24.2 Å². The lowest BCUT2D eigenvalue weighted by Crippen LogP contribution is -2.51. The molecule has 1 aromatic carbocycles. The molecule has 1 aliphatic rings. The largest absolute Gasteiger partial charge is 0.496 e. The van der Waals surface area contributed by atoms with Gasteiger partial charge in [-0.3, -0.25) is 4.79 Å². The molecule has 0 spiro atoms. The molecule has 142 valence electrons. The van der Waals surface area contributed by atoms with Crippen molar-refractivity contribution in [2.45, 2.75) is 45.1 Å². The van der Waals surface area contributed by atoms with Crippen LogP contribution in [0.3, 0.4) is 0 Å². The number of anilines is 1. The quantitative estimate of drug-likeness (QED) is 0.804. The number of amides is 1. The third kappa shape index (κ3) is 4.37. The van der Waals surface area contributed by atoms with Crippen LogP contribution in [0.25, 0.3) is 11.3 Å². The summed E-state index contributed by atoms with van der Waals surface area (Å²) in [5, 5.41) is 5.50. The zero-order valence-electron chi connectivity index (χ0n) is 15.4. The van der Waals surface area contributed by atoms with Gasteiger partial charge in [0.2, 0.25) is 5.91 Å². The first-order valence-corrected chi connectivity index (χ1v) is 9.49. The number of hydrogen-bond acceptors (Lipinski definition) is 5. The van der Waals surface area contributed by atoms with Gasteiger partial charge < -0.3 is 15.8 Å². The second kappa shape index (κ2) is 8.37. The number of aromatic nitrogens is 1. The average Bonchev–Trinajstić information content (AvgIpc) is 3.02. The summed E-state index contributed by atoms with van der Waals surface area (Å²) in [6, 6.07) is 5.98. The summed E-state index contributed by atoms with van der Waals surface area (Å²) in [5.41, 5.74) is 8.76. The molecule has 2 atom stereocenters. The third-order valence-electron chi connectivity index (χ3n) is 4.94. The molecule has 0 bridgehead atoms. The Morgan fingerprint density at radius 3 is 2.88 bits per heavy atom. The number of rotatable bonds is 4. The summed E-state index contributed by atoms with van der Waals surface area (Å²) in [7, 11) is 1.65. The van der Waals surface area contributed by atoms with Gasteiger partial charge in [0.1, 0.15) is 5.75 Å². The van der Waals surface area contributed by atoms with Crippen LogP contribution in [0.5, 0.6) is 5.75 Å². The van der Waals surface area contributed by atoms with Gasteiger partial charge in [-0.15, -0.1) is 23.7 Å². The van der Waals surface area contributed by atoms with Gasteiger partial charge >= 0.3 is 0 Å². The molecule has 7 heteroatoms. The molecule has 1 aliphatic carbocycles. The number of carbonyl (C=O) groups is 1. The van der Waals surface area contributed by atoms with E-state index >= 15 is 0 Å². The summed E-state index contributed by atoms with van der Waals surface area (Å²) < 4.78 is 5.43. The maximum atomic E-state index is 12.7. The predicted molar refractivity (Wildman–Crippen MR) is 109 cm³/mol. The smallest absolute Gasteiger partial charge is 0.231 e. The molecule has 3 N–H and O–H groups in total. The molecule has 1 saturated carbocycles. The van der Waals surface area contributed by atoms with Crippen LogP contribution in [0.2, 0.25) is 0 Å². The molecule has 26 heavy (non-hydrogen) atoms. The fraction of sp³-hybridized carbons (Fsp3) is 0.474. The van der Waals surface area contributed by atoms with Crippen LogP contribution in [0.4, 0.5) is 5.13 Å². The van der Waals surface area contributed by atoms with Gasteiger partial charge in [0, 0.05) is 16.5 Å². The second-order valence-electron chi connectivity index (χ2n) is 7.04. The highest BCUT2D eigenvalue weighted by Crippen LogP contribution is 2.35. The number of hydrogen-bond donors (Lipinski definition) is 2. The number of methoxy groups -OCH3 is 1. The van der Waals surface area contributed by atoms with Crippen LogP contribution in [-0.2, 0) is 4.79 Å². The first-order valence-electron chi connectivity index (χ1n) is 8.61. The topological polar surface area (TPSA) is 77.2 Å². The fourth-order valence-corrected chi connectivity index (χ4v) is 4.17. The molecule has 5 nitrogen and oxygen atoms in total. The monoisotopic (exact) mass is 395 g/mol. The molecule has 2 aromatic rings. The van der Waals surface area contributed by atoms with Crippen LogP contribution < -0.4 is 15.8 Å². The number of nitrogens with zero attached hydrogens (tertiary/aromatic N) is 1. The summed E-state index contributed by atoms with van der Waals surface area (Å²) in [5.74, 6) is 0.583. The van der Waals surface area contributed by atoms with Crippen LogP contribution >= 0.6 is 23.7 Å². The van der Waals surface area contributed by atoms with E-state index in [9.17, 15) is 4.79 Å². The van der Waals surface area contributed by atoms with Gasteiger partial charge in [0.05, 0.1) is 18.7 Å². The lowest BCUT2D eigenvalue weighted by molar-refractivity contribution is -0.122. The molecule has 0 saturated heterocycles. The van der Waals surface area contributed by atoms with Crippen molar-refractivity contribution < 1.29 is 9.53 Å². The Kier molecular flexibility index (Phi) is 6.66. The van der Waals surface area contributed by atoms with Crippen molar-refractivity contribution in [1.82, 2.24) is 4.98 Å². The summed E-state index contributed by atoms with van der Waals surface area (Å²) >= 11 is 1.42. The maximum absolute atomic E-state index is 12.7. The highest BCUT2D eigenvalue weighted by molar-refractivity contribution is 7.14. The van der Waals surface area contributed by atoms with Crippen LogP contribution in [-0.4, -0.2) is 23.5 Å². The Bertz CT molecular complexity index is 776. The fourth-order valence-electron chi connectivity index (χ4n) is 3.46. The molecule has 1 heterocycles. The van der Waals surface area contributed by atoms with Gasteiger partial charge in [-0.25, -0.2) is 4.98 Å². The van der Waals surface area contributed by atoms with Gasteiger partial charge in [-0.2, -0.15) is 0 Å². The van der Waals surface area contributed by atoms with Crippen LogP contribution in [0.1, 0.15) is 38.2 Å². The SMILES string of the molecule is COc1ccc(C)cc1-c1csc(NC(=O)C2CCCCC2(C)N)n1.Cl. The molecule has 0 radical (unpaired) electrons. The lowest BCUT2D eigenvalue weighted by Gasteiger charge is -2.36. The molecular formula is C19H26ClN3O2S. The number of carbonyl (C=O) groups excluding carboxylic acids is 1. The Morgan fingerprint density at radius 1 is 1.42 bits per heavy atom. The molecule has 3 rings (SSSR count). The zero-order chi connectivity index (χ0) is 18.0. The van der Waals surface area contributed by atoms with Crippen LogP contribution in [0.15, 0.2) is 23.6 Å². The van der Waals surface area contributed by atoms with E-state index in [0.29, 0.717) is 5.13 Å². The van der Waals surface area contributed by atoms with E-state index < -0.39 is 5.54 Å². The molecule has 2 unspecified atom stereocenters. The normalized spacial score (nSPS) is 22.4. The summed E-state index contributed by atoms with van der Waals surface area (Å²) in [6.45, 7) is 4.00. The molecular weight excluding hydrogens is 370 g/mol. The minimum Gasteiger partial charge on any atom is -0.496 e. The minimum absolute atomic E-state index is 0. The second-order valence-corrected chi connectivity index (χ2v) is 7.89. The molecule has 1 fully saturated rings. The van der Waals surface area contributed by atoms with E-state index in [1.807, 2.05) is 37.4 Å². The van der Waals surface area contributed by atoms with Gasteiger partial charge in [0.15, 0.2) is 5.13 Å². The van der Waals surface area contributed by atoms with Crippen molar-refractivity contribution >= 4 is 34.8 Å². The van der Waals surface area contributed by atoms with Crippen molar-refractivity contribution in [3.63, 3.8) is 0 Å². The van der Waals surface area contributed by atoms with Crippen molar-refractivity contribution in [2.24, 2.45) is 11.7 Å². The van der Waals surface area contributed by atoms with Crippen molar-refractivity contribution in [3.8, 4) is 17.0 Å². The molecule has 1 amide bonds. The van der Waals surface area contributed by atoms with Gasteiger partial charge in [-0.1, -0.05) is 24.5 Å². The third-order valence-corrected chi connectivity index (χ3v) is 5.69. The van der Waals surface area contributed by atoms with Crippen molar-refractivity contribution in [1.29, 1.82) is 0 Å². The first-order chi connectivity index (χ1) is 11.9. The number of halogens is 1. The Labute approximate surface area is 164 Å². The van der Waals surface area contributed by atoms with E-state index in [1.165, 1.54) is 11.3 Å².